The Morgan fingerprint density at radius 1 is 1.33 bits per heavy atom. The number of nitrogens with one attached hydrogen (secondary N) is 1. The number of anilines is 2. The van der Waals surface area contributed by atoms with Gasteiger partial charge in [0.2, 0.25) is 5.91 Å². The zero-order chi connectivity index (χ0) is 18.8. The zero-order valence-corrected chi connectivity index (χ0v) is 15.9. The highest BCUT2D eigenvalue weighted by Crippen LogP contribution is 2.32. The minimum Gasteiger partial charge on any atom is -0.355 e. The van der Waals surface area contributed by atoms with Crippen molar-refractivity contribution in [1.82, 2.24) is 9.97 Å². The molecule has 1 fully saturated rings. The number of thiophene rings is 1. The van der Waals surface area contributed by atoms with Gasteiger partial charge in [0, 0.05) is 23.7 Å². The third-order valence-electron chi connectivity index (χ3n) is 4.91. The van der Waals surface area contributed by atoms with E-state index in [4.69, 9.17) is 0 Å². The molecule has 1 N–H and O–H groups in total. The van der Waals surface area contributed by atoms with Crippen LogP contribution in [0.5, 0.6) is 0 Å². The van der Waals surface area contributed by atoms with Crippen LogP contribution in [-0.2, 0) is 11.2 Å². The van der Waals surface area contributed by atoms with Crippen LogP contribution < -0.4 is 10.2 Å². The number of carbonyl (C=O) groups is 1. The second kappa shape index (κ2) is 7.60. The molecular formula is C20H21FN4OS. The maximum atomic E-state index is 13.0. The third kappa shape index (κ3) is 3.78. The Hall–Kier alpha value is -2.54. The second-order valence-corrected chi connectivity index (χ2v) is 7.88. The standard InChI is InChI=1S/C20H21FN4OS/c1-2-16-10-17-18(22-12-23-20(17)27-16)25-9-3-4-13(11-25)19(26)24-15-7-5-14(21)6-8-15/h5-8,10,12-13H,2-4,9,11H2,1H3,(H,24,26). The van der Waals surface area contributed by atoms with Crippen LogP contribution in [0.2, 0.25) is 0 Å². The molecule has 1 aliphatic heterocycles. The Morgan fingerprint density at radius 2 is 2.15 bits per heavy atom. The fourth-order valence-electron chi connectivity index (χ4n) is 3.48. The number of aromatic nitrogens is 2. The molecule has 1 atom stereocenters. The van der Waals surface area contributed by atoms with Crippen LogP contribution in [0.4, 0.5) is 15.9 Å². The molecule has 1 saturated heterocycles. The number of fused-ring (bicyclic) bond motifs is 1. The lowest BCUT2D eigenvalue weighted by atomic mass is 9.97. The van der Waals surface area contributed by atoms with Crippen molar-refractivity contribution in [3.63, 3.8) is 0 Å². The molecule has 0 saturated carbocycles. The topological polar surface area (TPSA) is 58.1 Å². The number of piperidine rings is 1. The second-order valence-electron chi connectivity index (χ2n) is 6.76. The van der Waals surface area contributed by atoms with E-state index in [0.717, 1.165) is 41.8 Å². The number of hydrogen-bond donors (Lipinski definition) is 1. The molecule has 0 radical (unpaired) electrons. The highest BCUT2D eigenvalue weighted by molar-refractivity contribution is 7.18. The minimum atomic E-state index is -0.313. The summed E-state index contributed by atoms with van der Waals surface area (Å²) in [5, 5.41) is 3.97. The minimum absolute atomic E-state index is 0.0313. The maximum absolute atomic E-state index is 13.0. The Bertz CT molecular complexity index is 956. The van der Waals surface area contributed by atoms with Gasteiger partial charge < -0.3 is 10.2 Å². The van der Waals surface area contributed by atoms with Crippen LogP contribution in [0.15, 0.2) is 36.7 Å². The first kappa shape index (κ1) is 17.9. The number of rotatable bonds is 4. The largest absolute Gasteiger partial charge is 0.355 e. The first-order chi connectivity index (χ1) is 13.1. The molecule has 2 aromatic heterocycles. The third-order valence-corrected chi connectivity index (χ3v) is 6.10. The predicted molar refractivity (Wildman–Crippen MR) is 107 cm³/mol. The summed E-state index contributed by atoms with van der Waals surface area (Å²) in [6, 6.07) is 8.03. The van der Waals surface area contributed by atoms with Crippen LogP contribution >= 0.6 is 11.3 Å². The highest BCUT2D eigenvalue weighted by Gasteiger charge is 2.28. The Kier molecular flexibility index (Phi) is 5.03. The molecule has 5 nitrogen and oxygen atoms in total. The number of benzene rings is 1. The average molecular weight is 384 g/mol. The number of carbonyl (C=O) groups excluding carboxylic acids is 1. The number of nitrogens with zero attached hydrogens (tertiary/aromatic N) is 3. The molecule has 140 valence electrons. The summed E-state index contributed by atoms with van der Waals surface area (Å²) >= 11 is 1.70. The molecule has 0 aliphatic carbocycles. The molecule has 1 unspecified atom stereocenters. The van der Waals surface area contributed by atoms with Crippen molar-refractivity contribution >= 4 is 39.0 Å². The fraction of sp³-hybridized carbons (Fsp3) is 0.350. The summed E-state index contributed by atoms with van der Waals surface area (Å²) in [6.45, 7) is 3.63. The molecule has 7 heteroatoms. The van der Waals surface area contributed by atoms with E-state index < -0.39 is 0 Å². The van der Waals surface area contributed by atoms with Gasteiger partial charge in [-0.3, -0.25) is 4.79 Å². The summed E-state index contributed by atoms with van der Waals surface area (Å²) in [5.41, 5.74) is 0.619. The van der Waals surface area contributed by atoms with Crippen molar-refractivity contribution in [3.05, 3.63) is 47.4 Å². The summed E-state index contributed by atoms with van der Waals surface area (Å²) in [4.78, 5) is 26.1. The summed E-state index contributed by atoms with van der Waals surface area (Å²) < 4.78 is 13.0. The summed E-state index contributed by atoms with van der Waals surface area (Å²) in [6.07, 6.45) is 4.35. The van der Waals surface area contributed by atoms with Gasteiger partial charge in [0.05, 0.1) is 11.3 Å². The number of hydrogen-bond acceptors (Lipinski definition) is 5. The van der Waals surface area contributed by atoms with Crippen molar-refractivity contribution in [2.45, 2.75) is 26.2 Å². The SMILES string of the molecule is CCc1cc2c(N3CCCC(C(=O)Nc4ccc(F)cc4)C3)ncnc2s1. The van der Waals surface area contributed by atoms with Gasteiger partial charge in [-0.2, -0.15) is 0 Å². The maximum Gasteiger partial charge on any atom is 0.229 e. The lowest BCUT2D eigenvalue weighted by Gasteiger charge is -2.33. The van der Waals surface area contributed by atoms with Gasteiger partial charge in [-0.1, -0.05) is 6.92 Å². The van der Waals surface area contributed by atoms with Crippen LogP contribution in [0.3, 0.4) is 0 Å². The van der Waals surface area contributed by atoms with E-state index in [-0.39, 0.29) is 17.6 Å². The summed E-state index contributed by atoms with van der Waals surface area (Å²) in [5.74, 6) is 0.441. The molecule has 27 heavy (non-hydrogen) atoms. The van der Waals surface area contributed by atoms with Crippen molar-refractivity contribution in [2.75, 3.05) is 23.3 Å². The van der Waals surface area contributed by atoms with Gasteiger partial charge in [-0.15, -0.1) is 11.3 Å². The smallest absolute Gasteiger partial charge is 0.229 e. The average Bonchev–Trinajstić information content (AvgIpc) is 3.13. The van der Waals surface area contributed by atoms with E-state index >= 15 is 0 Å². The predicted octanol–water partition coefficient (Wildman–Crippen LogP) is 4.25. The normalized spacial score (nSPS) is 17.3. The molecule has 1 amide bonds. The van der Waals surface area contributed by atoms with Crippen LogP contribution in [-0.4, -0.2) is 29.0 Å². The van der Waals surface area contributed by atoms with Gasteiger partial charge in [0.15, 0.2) is 0 Å². The number of aryl methyl sites for hydroxylation is 1. The molecule has 1 aromatic carbocycles. The van der Waals surface area contributed by atoms with E-state index in [1.165, 1.54) is 17.0 Å². The van der Waals surface area contributed by atoms with Gasteiger partial charge in [-0.05, 0) is 49.6 Å². The van der Waals surface area contributed by atoms with E-state index in [0.29, 0.717) is 12.2 Å². The molecule has 3 heterocycles. The molecule has 1 aliphatic rings. The van der Waals surface area contributed by atoms with Crippen LogP contribution in [0, 0.1) is 11.7 Å². The van der Waals surface area contributed by atoms with Crippen molar-refractivity contribution in [3.8, 4) is 0 Å². The monoisotopic (exact) mass is 384 g/mol. The van der Waals surface area contributed by atoms with Gasteiger partial charge in [0.25, 0.3) is 0 Å². The quantitative estimate of drug-likeness (QED) is 0.731. The number of amides is 1. The highest BCUT2D eigenvalue weighted by atomic mass is 32.1. The molecule has 3 aromatic rings. The van der Waals surface area contributed by atoms with Gasteiger partial charge in [0.1, 0.15) is 22.8 Å². The lowest BCUT2D eigenvalue weighted by Crippen LogP contribution is -2.41. The molecule has 0 spiro atoms. The Morgan fingerprint density at radius 3 is 2.93 bits per heavy atom. The molecule has 4 rings (SSSR count). The Labute approximate surface area is 161 Å². The lowest BCUT2D eigenvalue weighted by molar-refractivity contribution is -0.120. The summed E-state index contributed by atoms with van der Waals surface area (Å²) in [7, 11) is 0. The fourth-order valence-corrected chi connectivity index (χ4v) is 4.41. The van der Waals surface area contributed by atoms with Gasteiger partial charge >= 0.3 is 0 Å². The van der Waals surface area contributed by atoms with E-state index in [9.17, 15) is 9.18 Å². The van der Waals surface area contributed by atoms with Crippen molar-refractivity contribution < 1.29 is 9.18 Å². The van der Waals surface area contributed by atoms with E-state index in [2.05, 4.69) is 33.2 Å². The first-order valence-electron chi connectivity index (χ1n) is 9.19. The van der Waals surface area contributed by atoms with E-state index in [1.807, 2.05) is 0 Å². The van der Waals surface area contributed by atoms with Gasteiger partial charge in [-0.25, -0.2) is 14.4 Å². The molecule has 0 bridgehead atoms. The Balaban J connectivity index is 1.52. The van der Waals surface area contributed by atoms with Crippen molar-refractivity contribution in [1.29, 1.82) is 0 Å². The number of halogens is 1. The molecular weight excluding hydrogens is 363 g/mol. The van der Waals surface area contributed by atoms with Crippen LogP contribution in [0.25, 0.3) is 10.2 Å². The van der Waals surface area contributed by atoms with Crippen molar-refractivity contribution in [2.24, 2.45) is 5.92 Å². The first-order valence-corrected chi connectivity index (χ1v) is 10.0. The van der Waals surface area contributed by atoms with Crippen LogP contribution in [0.1, 0.15) is 24.6 Å². The zero-order valence-electron chi connectivity index (χ0n) is 15.1. The van der Waals surface area contributed by atoms with E-state index in [1.54, 1.807) is 29.8 Å².